The zero-order chi connectivity index (χ0) is 8.06. The van der Waals surface area contributed by atoms with Gasteiger partial charge < -0.3 is 0 Å². The highest BCUT2D eigenvalue weighted by atomic mass is 35.5. The van der Waals surface area contributed by atoms with Crippen molar-refractivity contribution < 1.29 is 0 Å². The summed E-state index contributed by atoms with van der Waals surface area (Å²) in [5.74, 6) is 0.933. The molecule has 2 bridgehead atoms. The van der Waals surface area contributed by atoms with Crippen LogP contribution in [0.15, 0.2) is 0 Å². The van der Waals surface area contributed by atoms with Crippen molar-refractivity contribution in [2.24, 2.45) is 11.3 Å². The van der Waals surface area contributed by atoms with Crippen LogP contribution in [0.5, 0.6) is 0 Å². The van der Waals surface area contributed by atoms with Gasteiger partial charge in [0.1, 0.15) is 0 Å². The fourth-order valence-corrected chi connectivity index (χ4v) is 3.05. The van der Waals surface area contributed by atoms with Crippen molar-refractivity contribution in [2.75, 3.05) is 6.54 Å². The third kappa shape index (κ3) is 1.19. The molecule has 1 aliphatic heterocycles. The van der Waals surface area contributed by atoms with Gasteiger partial charge in [-0.25, -0.2) is 4.42 Å². The van der Waals surface area contributed by atoms with Gasteiger partial charge in [0.15, 0.2) is 0 Å². The van der Waals surface area contributed by atoms with Crippen LogP contribution in [0.4, 0.5) is 0 Å². The predicted octanol–water partition coefficient (Wildman–Crippen LogP) is 2.65. The van der Waals surface area contributed by atoms with Crippen LogP contribution < -0.4 is 0 Å². The molecule has 11 heavy (non-hydrogen) atoms. The molecular formula is C9H16ClN. The Labute approximate surface area is 73.8 Å². The molecule has 1 saturated carbocycles. The van der Waals surface area contributed by atoms with E-state index in [1.54, 1.807) is 0 Å². The smallest absolute Gasteiger partial charge is 0.0254 e. The van der Waals surface area contributed by atoms with Crippen LogP contribution in [-0.4, -0.2) is 17.0 Å². The molecule has 0 aromatic heterocycles. The lowest BCUT2D eigenvalue weighted by molar-refractivity contribution is 0.112. The molecule has 2 atom stereocenters. The van der Waals surface area contributed by atoms with Crippen molar-refractivity contribution in [2.45, 2.75) is 39.2 Å². The molecule has 0 amide bonds. The molecule has 2 unspecified atom stereocenters. The summed E-state index contributed by atoms with van der Waals surface area (Å²) in [5.41, 5.74) is 0.453. The average Bonchev–Trinajstić information content (AvgIpc) is 2.28. The van der Waals surface area contributed by atoms with Gasteiger partial charge in [-0.1, -0.05) is 13.8 Å². The van der Waals surface area contributed by atoms with E-state index in [4.69, 9.17) is 11.8 Å². The van der Waals surface area contributed by atoms with Gasteiger partial charge in [-0.05, 0) is 42.4 Å². The summed E-state index contributed by atoms with van der Waals surface area (Å²) in [4.78, 5) is 0. The van der Waals surface area contributed by atoms with E-state index in [1.165, 1.54) is 19.3 Å². The molecule has 0 radical (unpaired) electrons. The fraction of sp³-hybridized carbons (Fsp3) is 1.00. The second-order valence-corrected chi connectivity index (χ2v) is 5.14. The highest BCUT2D eigenvalue weighted by Crippen LogP contribution is 2.47. The van der Waals surface area contributed by atoms with Gasteiger partial charge in [0, 0.05) is 12.6 Å². The Kier molecular flexibility index (Phi) is 1.69. The number of piperidine rings is 1. The topological polar surface area (TPSA) is 3.24 Å². The standard InChI is InChI=1S/C9H16ClN/c1-9(2)6-11(10)8-4-3-7(9)5-8/h7-8H,3-6H2,1-2H3. The van der Waals surface area contributed by atoms with Crippen LogP contribution in [0.1, 0.15) is 33.1 Å². The van der Waals surface area contributed by atoms with Crippen LogP contribution in [0.3, 0.4) is 0 Å². The second kappa shape index (κ2) is 2.37. The summed E-state index contributed by atoms with van der Waals surface area (Å²) in [5, 5.41) is 0. The maximum atomic E-state index is 6.13. The minimum atomic E-state index is 0.453. The molecule has 2 aliphatic rings. The van der Waals surface area contributed by atoms with E-state index in [2.05, 4.69) is 13.8 Å². The molecule has 64 valence electrons. The number of nitrogens with zero attached hydrogens (tertiary/aromatic N) is 1. The minimum absolute atomic E-state index is 0.453. The first-order chi connectivity index (χ1) is 5.09. The van der Waals surface area contributed by atoms with E-state index in [0.717, 1.165) is 12.5 Å². The average molecular weight is 174 g/mol. The molecule has 0 spiro atoms. The summed E-state index contributed by atoms with van der Waals surface area (Å²) in [6, 6.07) is 0.690. The maximum Gasteiger partial charge on any atom is 0.0254 e. The lowest BCUT2D eigenvalue weighted by Crippen LogP contribution is -2.42. The summed E-state index contributed by atoms with van der Waals surface area (Å²) < 4.78 is 2.03. The van der Waals surface area contributed by atoms with E-state index in [0.29, 0.717) is 11.5 Å². The Bertz CT molecular complexity index is 167. The number of halogens is 1. The summed E-state index contributed by atoms with van der Waals surface area (Å²) in [6.07, 6.45) is 4.04. The second-order valence-electron chi connectivity index (χ2n) is 4.71. The van der Waals surface area contributed by atoms with Crippen molar-refractivity contribution in [1.82, 2.24) is 4.42 Å². The predicted molar refractivity (Wildman–Crippen MR) is 47.5 cm³/mol. The van der Waals surface area contributed by atoms with Gasteiger partial charge in [-0.15, -0.1) is 0 Å². The van der Waals surface area contributed by atoms with Crippen LogP contribution in [0.2, 0.25) is 0 Å². The summed E-state index contributed by atoms with van der Waals surface area (Å²) in [7, 11) is 0. The van der Waals surface area contributed by atoms with Crippen LogP contribution in [-0.2, 0) is 0 Å². The zero-order valence-corrected chi connectivity index (χ0v) is 8.06. The first-order valence-electron chi connectivity index (χ1n) is 4.52. The Hall–Kier alpha value is 0.250. The third-order valence-corrected chi connectivity index (χ3v) is 3.86. The molecule has 0 aromatic carbocycles. The van der Waals surface area contributed by atoms with Gasteiger partial charge in [-0.3, -0.25) is 0 Å². The summed E-state index contributed by atoms with van der Waals surface area (Å²) >= 11 is 6.13. The molecule has 0 N–H and O–H groups in total. The van der Waals surface area contributed by atoms with Crippen molar-refractivity contribution in [3.05, 3.63) is 0 Å². The van der Waals surface area contributed by atoms with Crippen molar-refractivity contribution in [3.63, 3.8) is 0 Å². The SMILES string of the molecule is CC1(C)CN(Cl)C2CCC1C2. The third-order valence-electron chi connectivity index (χ3n) is 3.46. The molecule has 0 aromatic rings. The molecule has 1 aliphatic carbocycles. The van der Waals surface area contributed by atoms with E-state index in [-0.39, 0.29) is 0 Å². The Morgan fingerprint density at radius 3 is 2.82 bits per heavy atom. The number of hydrogen-bond acceptors (Lipinski definition) is 1. The van der Waals surface area contributed by atoms with Gasteiger partial charge in [0.2, 0.25) is 0 Å². The fourth-order valence-electron chi connectivity index (χ4n) is 2.57. The number of fused-ring (bicyclic) bond motifs is 2. The Morgan fingerprint density at radius 2 is 2.09 bits per heavy atom. The molecule has 2 fully saturated rings. The Morgan fingerprint density at radius 1 is 1.36 bits per heavy atom. The molecule has 2 rings (SSSR count). The van der Waals surface area contributed by atoms with Gasteiger partial charge in [0.25, 0.3) is 0 Å². The molecule has 2 heteroatoms. The van der Waals surface area contributed by atoms with Crippen molar-refractivity contribution >= 4 is 11.8 Å². The molecule has 1 nitrogen and oxygen atoms in total. The number of hydrogen-bond donors (Lipinski definition) is 0. The molecular weight excluding hydrogens is 158 g/mol. The maximum absolute atomic E-state index is 6.13. The van der Waals surface area contributed by atoms with Crippen LogP contribution >= 0.6 is 11.8 Å². The lowest BCUT2D eigenvalue weighted by atomic mass is 9.76. The van der Waals surface area contributed by atoms with Gasteiger partial charge >= 0.3 is 0 Å². The minimum Gasteiger partial charge on any atom is -0.217 e. The Balaban J connectivity index is 2.18. The van der Waals surface area contributed by atoms with E-state index >= 15 is 0 Å². The molecule has 1 saturated heterocycles. The monoisotopic (exact) mass is 173 g/mol. The quantitative estimate of drug-likeness (QED) is 0.509. The largest absolute Gasteiger partial charge is 0.217 e. The van der Waals surface area contributed by atoms with Gasteiger partial charge in [0.05, 0.1) is 0 Å². The van der Waals surface area contributed by atoms with Gasteiger partial charge in [-0.2, -0.15) is 0 Å². The van der Waals surface area contributed by atoms with E-state index in [1.807, 2.05) is 4.42 Å². The van der Waals surface area contributed by atoms with Crippen molar-refractivity contribution in [1.29, 1.82) is 0 Å². The highest BCUT2D eigenvalue weighted by Gasteiger charge is 2.44. The van der Waals surface area contributed by atoms with E-state index < -0.39 is 0 Å². The first kappa shape index (κ1) is 7.88. The van der Waals surface area contributed by atoms with E-state index in [9.17, 15) is 0 Å². The van der Waals surface area contributed by atoms with Crippen LogP contribution in [0.25, 0.3) is 0 Å². The van der Waals surface area contributed by atoms with Crippen LogP contribution in [0, 0.1) is 11.3 Å². The zero-order valence-electron chi connectivity index (χ0n) is 7.31. The highest BCUT2D eigenvalue weighted by molar-refractivity contribution is 6.13. The number of rotatable bonds is 0. The molecule has 1 heterocycles. The summed E-state index contributed by atoms with van der Waals surface area (Å²) in [6.45, 7) is 5.76. The lowest BCUT2D eigenvalue weighted by Gasteiger charge is -2.40. The normalized spacial score (nSPS) is 42.8. The first-order valence-corrected chi connectivity index (χ1v) is 4.86. The van der Waals surface area contributed by atoms with Crippen molar-refractivity contribution in [3.8, 4) is 0 Å².